The average molecular weight is 254 g/mol. The van der Waals surface area contributed by atoms with Crippen molar-refractivity contribution in [1.29, 1.82) is 0 Å². The Kier molecular flexibility index (Phi) is 3.56. The first kappa shape index (κ1) is 12.3. The summed E-state index contributed by atoms with van der Waals surface area (Å²) in [6.07, 6.45) is 8.64. The lowest BCUT2D eigenvalue weighted by molar-refractivity contribution is 0.149. The summed E-state index contributed by atoms with van der Waals surface area (Å²) in [4.78, 5) is 8.21. The minimum atomic E-state index is -0.523. The first-order valence-corrected chi connectivity index (χ1v) is 6.86. The quantitative estimate of drug-likeness (QED) is 0.915. The van der Waals surface area contributed by atoms with Crippen molar-refractivity contribution in [2.75, 3.05) is 0 Å². The predicted octanol–water partition coefficient (Wildman–Crippen LogP) is 3.02. The van der Waals surface area contributed by atoms with E-state index in [1.807, 2.05) is 0 Å². The van der Waals surface area contributed by atoms with Crippen LogP contribution >= 0.6 is 0 Å². The highest BCUT2D eigenvalue weighted by atomic mass is 16.3. The number of aliphatic hydroxyl groups is 1. The van der Waals surface area contributed by atoms with E-state index < -0.39 is 6.10 Å². The van der Waals surface area contributed by atoms with Gasteiger partial charge in [-0.2, -0.15) is 0 Å². The number of hydrogen-bond donors (Lipinski definition) is 1. The van der Waals surface area contributed by atoms with Crippen LogP contribution < -0.4 is 0 Å². The van der Waals surface area contributed by atoms with Crippen molar-refractivity contribution in [1.82, 2.24) is 9.97 Å². The molecule has 1 N–H and O–H groups in total. The molecule has 2 aromatic rings. The third-order valence-electron chi connectivity index (χ3n) is 3.93. The summed E-state index contributed by atoms with van der Waals surface area (Å²) in [6, 6.07) is 8.59. The number of rotatable bonds is 3. The highest BCUT2D eigenvalue weighted by Crippen LogP contribution is 2.37. The van der Waals surface area contributed by atoms with Gasteiger partial charge in [-0.05, 0) is 42.7 Å². The van der Waals surface area contributed by atoms with Gasteiger partial charge in [-0.3, -0.25) is 9.97 Å². The van der Waals surface area contributed by atoms with Gasteiger partial charge in [0.05, 0.1) is 18.0 Å². The predicted molar refractivity (Wildman–Crippen MR) is 73.7 cm³/mol. The molecule has 0 saturated carbocycles. The monoisotopic (exact) mass is 254 g/mol. The van der Waals surface area contributed by atoms with E-state index in [4.69, 9.17) is 0 Å². The first-order valence-electron chi connectivity index (χ1n) is 6.86. The van der Waals surface area contributed by atoms with E-state index in [-0.39, 0.29) is 0 Å². The maximum absolute atomic E-state index is 10.3. The summed E-state index contributed by atoms with van der Waals surface area (Å²) in [5.74, 6) is 0.432. The van der Waals surface area contributed by atoms with Crippen molar-refractivity contribution in [2.45, 2.75) is 37.7 Å². The Bertz CT molecular complexity index is 541. The lowest BCUT2D eigenvalue weighted by Gasteiger charge is -2.27. The number of hydrogen-bond acceptors (Lipinski definition) is 3. The van der Waals surface area contributed by atoms with Gasteiger partial charge in [0.1, 0.15) is 0 Å². The van der Waals surface area contributed by atoms with Crippen molar-refractivity contribution in [3.8, 4) is 0 Å². The van der Waals surface area contributed by atoms with Crippen molar-refractivity contribution in [3.63, 3.8) is 0 Å². The molecule has 0 radical (unpaired) electrons. The number of aromatic nitrogens is 2. The van der Waals surface area contributed by atoms with Crippen molar-refractivity contribution in [2.24, 2.45) is 0 Å². The maximum atomic E-state index is 10.3. The number of aryl methyl sites for hydroxylation is 1. The average Bonchev–Trinajstić information content (AvgIpc) is 2.48. The molecule has 1 aromatic heterocycles. The Morgan fingerprint density at radius 2 is 2.16 bits per heavy atom. The lowest BCUT2D eigenvalue weighted by Crippen LogP contribution is -2.13. The van der Waals surface area contributed by atoms with Crippen molar-refractivity contribution >= 4 is 0 Å². The van der Waals surface area contributed by atoms with Gasteiger partial charge < -0.3 is 5.11 Å². The van der Waals surface area contributed by atoms with Gasteiger partial charge in [0, 0.05) is 12.4 Å². The number of fused-ring (bicyclic) bond motifs is 1. The molecule has 0 spiro atoms. The molecule has 1 aliphatic carbocycles. The van der Waals surface area contributed by atoms with Crippen LogP contribution in [0, 0.1) is 0 Å². The van der Waals surface area contributed by atoms with Gasteiger partial charge in [0.15, 0.2) is 0 Å². The zero-order valence-electron chi connectivity index (χ0n) is 10.9. The normalized spacial score (nSPS) is 19.7. The maximum Gasteiger partial charge on any atom is 0.0981 e. The SMILES string of the molecule is OC(CC1CCCc2ccccc21)c1cnccn1. The topological polar surface area (TPSA) is 46.0 Å². The van der Waals surface area contributed by atoms with Gasteiger partial charge in [-0.25, -0.2) is 0 Å². The molecule has 3 rings (SSSR count). The van der Waals surface area contributed by atoms with E-state index in [0.717, 1.165) is 19.3 Å². The zero-order valence-corrected chi connectivity index (χ0v) is 10.9. The number of aliphatic hydroxyl groups excluding tert-OH is 1. The summed E-state index contributed by atoms with van der Waals surface area (Å²) in [6.45, 7) is 0. The molecule has 2 atom stereocenters. The second kappa shape index (κ2) is 5.49. The molecule has 19 heavy (non-hydrogen) atoms. The van der Waals surface area contributed by atoms with E-state index in [0.29, 0.717) is 11.6 Å². The van der Waals surface area contributed by atoms with Crippen molar-refractivity contribution < 1.29 is 5.11 Å². The molecule has 3 heteroatoms. The Hall–Kier alpha value is -1.74. The standard InChI is InChI=1S/C16H18N2O/c19-16(15-11-17-8-9-18-15)10-13-6-3-5-12-4-1-2-7-14(12)13/h1-2,4,7-9,11,13,16,19H,3,5-6,10H2. The Balaban J connectivity index is 1.78. The molecule has 0 saturated heterocycles. The molecule has 0 amide bonds. The van der Waals surface area contributed by atoms with Crippen LogP contribution in [0.2, 0.25) is 0 Å². The molecule has 1 aliphatic rings. The molecule has 0 fully saturated rings. The number of nitrogens with zero attached hydrogens (tertiary/aromatic N) is 2. The van der Waals surface area contributed by atoms with Gasteiger partial charge in [-0.15, -0.1) is 0 Å². The molecule has 1 heterocycles. The summed E-state index contributed by atoms with van der Waals surface area (Å²) < 4.78 is 0. The molecule has 98 valence electrons. The Morgan fingerprint density at radius 3 is 3.00 bits per heavy atom. The largest absolute Gasteiger partial charge is 0.387 e. The third-order valence-corrected chi connectivity index (χ3v) is 3.93. The molecular weight excluding hydrogens is 236 g/mol. The van der Waals surface area contributed by atoms with Crippen LogP contribution in [0.25, 0.3) is 0 Å². The van der Waals surface area contributed by atoms with Crippen LogP contribution in [-0.4, -0.2) is 15.1 Å². The van der Waals surface area contributed by atoms with Crippen LogP contribution in [0.15, 0.2) is 42.9 Å². The van der Waals surface area contributed by atoms with E-state index >= 15 is 0 Å². The Labute approximate surface area is 113 Å². The second-order valence-corrected chi connectivity index (χ2v) is 5.17. The first-order chi connectivity index (χ1) is 9.34. The summed E-state index contributed by atoms with van der Waals surface area (Å²) in [5.41, 5.74) is 3.51. The highest BCUT2D eigenvalue weighted by Gasteiger charge is 2.23. The summed E-state index contributed by atoms with van der Waals surface area (Å²) in [7, 11) is 0. The van der Waals surface area contributed by atoms with Gasteiger partial charge in [-0.1, -0.05) is 24.3 Å². The van der Waals surface area contributed by atoms with E-state index in [9.17, 15) is 5.11 Å². The molecule has 3 nitrogen and oxygen atoms in total. The van der Waals surface area contributed by atoms with Gasteiger partial charge in [0.2, 0.25) is 0 Å². The fraction of sp³-hybridized carbons (Fsp3) is 0.375. The fourth-order valence-electron chi connectivity index (χ4n) is 2.97. The van der Waals surface area contributed by atoms with Crippen molar-refractivity contribution in [3.05, 3.63) is 59.7 Å². The minimum absolute atomic E-state index is 0.432. The summed E-state index contributed by atoms with van der Waals surface area (Å²) in [5, 5.41) is 10.3. The lowest BCUT2D eigenvalue weighted by atomic mass is 9.80. The Morgan fingerprint density at radius 1 is 1.26 bits per heavy atom. The van der Waals surface area contributed by atoms with Gasteiger partial charge >= 0.3 is 0 Å². The van der Waals surface area contributed by atoms with Crippen LogP contribution in [-0.2, 0) is 6.42 Å². The van der Waals surface area contributed by atoms with E-state index in [2.05, 4.69) is 34.2 Å². The van der Waals surface area contributed by atoms with Crippen LogP contribution in [0.1, 0.15) is 48.1 Å². The van der Waals surface area contributed by atoms with Gasteiger partial charge in [0.25, 0.3) is 0 Å². The summed E-state index contributed by atoms with van der Waals surface area (Å²) >= 11 is 0. The smallest absolute Gasteiger partial charge is 0.0981 e. The van der Waals surface area contributed by atoms with Crippen LogP contribution in [0.4, 0.5) is 0 Å². The second-order valence-electron chi connectivity index (χ2n) is 5.17. The molecule has 0 aliphatic heterocycles. The third kappa shape index (κ3) is 2.66. The molecule has 0 bridgehead atoms. The number of benzene rings is 1. The van der Waals surface area contributed by atoms with E-state index in [1.165, 1.54) is 17.5 Å². The fourth-order valence-corrected chi connectivity index (χ4v) is 2.97. The highest BCUT2D eigenvalue weighted by molar-refractivity contribution is 5.32. The minimum Gasteiger partial charge on any atom is -0.387 e. The molecule has 1 aromatic carbocycles. The molecular formula is C16H18N2O. The van der Waals surface area contributed by atoms with Crippen LogP contribution in [0.5, 0.6) is 0 Å². The van der Waals surface area contributed by atoms with Crippen LogP contribution in [0.3, 0.4) is 0 Å². The molecule has 2 unspecified atom stereocenters. The van der Waals surface area contributed by atoms with E-state index in [1.54, 1.807) is 18.6 Å². The zero-order chi connectivity index (χ0) is 13.1.